The molecule has 90 valence electrons. The summed E-state index contributed by atoms with van der Waals surface area (Å²) in [6, 6.07) is 3.98. The lowest BCUT2D eigenvalue weighted by Crippen LogP contribution is -2.08. The highest BCUT2D eigenvalue weighted by Crippen LogP contribution is 2.40. The first kappa shape index (κ1) is 12.3. The van der Waals surface area contributed by atoms with Crippen LogP contribution in [0.3, 0.4) is 0 Å². The summed E-state index contributed by atoms with van der Waals surface area (Å²) in [4.78, 5) is 0. The third-order valence-corrected chi connectivity index (χ3v) is 2.68. The van der Waals surface area contributed by atoms with Crippen molar-refractivity contribution in [1.29, 1.82) is 0 Å². The second-order valence-corrected chi connectivity index (χ2v) is 4.05. The van der Waals surface area contributed by atoms with E-state index < -0.39 is 21.8 Å². The third-order valence-electron chi connectivity index (χ3n) is 2.08. The van der Waals surface area contributed by atoms with Gasteiger partial charge in [-0.2, -0.15) is 18.3 Å². The van der Waals surface area contributed by atoms with Gasteiger partial charge in [-0.25, -0.2) is 4.68 Å². The summed E-state index contributed by atoms with van der Waals surface area (Å²) in [6.45, 7) is 0. The first-order valence-electron chi connectivity index (χ1n) is 4.46. The average Bonchev–Trinajstić information content (AvgIpc) is 2.66. The molecule has 0 unspecified atom stereocenters. The Kier molecular flexibility index (Phi) is 3.05. The van der Waals surface area contributed by atoms with Crippen molar-refractivity contribution >= 4 is 23.2 Å². The summed E-state index contributed by atoms with van der Waals surface area (Å²) in [5, 5.41) is 2.98. The summed E-state index contributed by atoms with van der Waals surface area (Å²) in [6.07, 6.45) is -1.49. The van der Waals surface area contributed by atoms with Crippen molar-refractivity contribution in [3.63, 3.8) is 0 Å². The van der Waals surface area contributed by atoms with Crippen LogP contribution in [0.5, 0.6) is 0 Å². The van der Waals surface area contributed by atoms with Gasteiger partial charge in [0.2, 0.25) is 0 Å². The molecule has 1 aromatic carbocycles. The van der Waals surface area contributed by atoms with Crippen molar-refractivity contribution in [3.05, 3.63) is 46.2 Å². The van der Waals surface area contributed by atoms with Crippen molar-refractivity contribution in [2.45, 2.75) is 6.18 Å². The monoisotopic (exact) mass is 280 g/mol. The quantitative estimate of drug-likeness (QED) is 0.766. The molecule has 0 fully saturated rings. The van der Waals surface area contributed by atoms with E-state index in [4.69, 9.17) is 23.2 Å². The normalized spacial score (nSPS) is 11.8. The summed E-state index contributed by atoms with van der Waals surface area (Å²) in [7, 11) is 0. The molecule has 0 radical (unpaired) electrons. The van der Waals surface area contributed by atoms with Crippen LogP contribution in [0, 0.1) is 0 Å². The number of alkyl halides is 3. The van der Waals surface area contributed by atoms with E-state index in [9.17, 15) is 13.2 Å². The zero-order valence-electron chi connectivity index (χ0n) is 8.17. The lowest BCUT2D eigenvalue weighted by atomic mass is 10.2. The standard InChI is InChI=1S/C10H5Cl2F3N2/c11-7-4-6(17-3-1-2-16-17)5-8(12)9(7)10(13,14)15/h1-5H. The summed E-state index contributed by atoms with van der Waals surface area (Å²) in [5.41, 5.74) is -0.658. The van der Waals surface area contributed by atoms with Crippen molar-refractivity contribution in [2.24, 2.45) is 0 Å². The summed E-state index contributed by atoms with van der Waals surface area (Å²) >= 11 is 11.2. The maximum Gasteiger partial charge on any atom is 0.419 e. The Morgan fingerprint density at radius 3 is 2.12 bits per heavy atom. The van der Waals surface area contributed by atoms with Gasteiger partial charge in [-0.15, -0.1) is 0 Å². The van der Waals surface area contributed by atoms with Crippen LogP contribution in [0.4, 0.5) is 13.2 Å². The number of rotatable bonds is 1. The molecular weight excluding hydrogens is 276 g/mol. The number of hydrogen-bond acceptors (Lipinski definition) is 1. The van der Waals surface area contributed by atoms with Crippen molar-refractivity contribution in [2.75, 3.05) is 0 Å². The van der Waals surface area contributed by atoms with E-state index in [0.717, 1.165) is 0 Å². The fourth-order valence-corrected chi connectivity index (χ4v) is 2.07. The van der Waals surface area contributed by atoms with Gasteiger partial charge in [0.05, 0.1) is 21.3 Å². The van der Waals surface area contributed by atoms with Crippen LogP contribution >= 0.6 is 23.2 Å². The molecular formula is C10H5Cl2F3N2. The maximum atomic E-state index is 12.6. The zero-order valence-corrected chi connectivity index (χ0v) is 9.68. The molecule has 0 amide bonds. The Hall–Kier alpha value is -1.20. The van der Waals surface area contributed by atoms with Gasteiger partial charge in [0.1, 0.15) is 0 Å². The molecule has 0 aliphatic heterocycles. The Morgan fingerprint density at radius 1 is 1.12 bits per heavy atom. The van der Waals surface area contributed by atoms with Crippen LogP contribution in [0.2, 0.25) is 10.0 Å². The minimum atomic E-state index is -4.57. The Labute approximate surface area is 105 Å². The lowest BCUT2D eigenvalue weighted by molar-refractivity contribution is -0.137. The molecule has 2 nitrogen and oxygen atoms in total. The Balaban J connectivity index is 2.57. The van der Waals surface area contributed by atoms with Gasteiger partial charge in [0, 0.05) is 12.4 Å². The molecule has 2 aromatic rings. The largest absolute Gasteiger partial charge is 0.419 e. The van der Waals surface area contributed by atoms with Gasteiger partial charge in [0.25, 0.3) is 0 Å². The van der Waals surface area contributed by atoms with E-state index in [1.165, 1.54) is 23.0 Å². The molecule has 2 rings (SSSR count). The Morgan fingerprint density at radius 2 is 1.71 bits per heavy atom. The number of hydrogen-bond donors (Lipinski definition) is 0. The van der Waals surface area contributed by atoms with Gasteiger partial charge in [-0.3, -0.25) is 0 Å². The zero-order chi connectivity index (χ0) is 12.6. The third kappa shape index (κ3) is 2.40. The lowest BCUT2D eigenvalue weighted by Gasteiger charge is -2.12. The highest BCUT2D eigenvalue weighted by Gasteiger charge is 2.36. The average molecular weight is 281 g/mol. The van der Waals surface area contributed by atoms with E-state index >= 15 is 0 Å². The van der Waals surface area contributed by atoms with E-state index in [1.54, 1.807) is 12.3 Å². The van der Waals surface area contributed by atoms with Crippen LogP contribution in [-0.2, 0) is 6.18 Å². The molecule has 0 spiro atoms. The molecule has 1 heterocycles. The van der Waals surface area contributed by atoms with Gasteiger partial charge < -0.3 is 0 Å². The van der Waals surface area contributed by atoms with Crippen LogP contribution in [0.25, 0.3) is 5.69 Å². The maximum absolute atomic E-state index is 12.6. The van der Waals surface area contributed by atoms with Crippen LogP contribution < -0.4 is 0 Å². The van der Waals surface area contributed by atoms with E-state index in [0.29, 0.717) is 5.69 Å². The molecule has 0 aliphatic rings. The second-order valence-electron chi connectivity index (χ2n) is 3.23. The Bertz CT molecular complexity index is 512. The molecule has 0 saturated heterocycles. The van der Waals surface area contributed by atoms with Crippen LogP contribution in [0.15, 0.2) is 30.6 Å². The minimum Gasteiger partial charge on any atom is -0.241 e. The first-order valence-corrected chi connectivity index (χ1v) is 5.21. The second kappa shape index (κ2) is 4.23. The van der Waals surface area contributed by atoms with Crippen molar-refractivity contribution < 1.29 is 13.2 Å². The number of nitrogens with zero attached hydrogens (tertiary/aromatic N) is 2. The molecule has 0 atom stereocenters. The van der Waals surface area contributed by atoms with Crippen LogP contribution in [0.1, 0.15) is 5.56 Å². The van der Waals surface area contributed by atoms with Gasteiger partial charge in [-0.1, -0.05) is 23.2 Å². The fourth-order valence-electron chi connectivity index (χ4n) is 1.38. The number of benzene rings is 1. The number of halogens is 5. The van der Waals surface area contributed by atoms with Gasteiger partial charge in [0.15, 0.2) is 0 Å². The molecule has 1 aromatic heterocycles. The topological polar surface area (TPSA) is 17.8 Å². The molecule has 0 N–H and O–H groups in total. The fraction of sp³-hybridized carbons (Fsp3) is 0.100. The smallest absolute Gasteiger partial charge is 0.241 e. The predicted molar refractivity (Wildman–Crippen MR) is 58.6 cm³/mol. The van der Waals surface area contributed by atoms with E-state index in [1.807, 2.05) is 0 Å². The highest BCUT2D eigenvalue weighted by atomic mass is 35.5. The van der Waals surface area contributed by atoms with Crippen molar-refractivity contribution in [3.8, 4) is 5.69 Å². The molecule has 17 heavy (non-hydrogen) atoms. The first-order chi connectivity index (χ1) is 7.89. The van der Waals surface area contributed by atoms with E-state index in [2.05, 4.69) is 5.10 Å². The van der Waals surface area contributed by atoms with Gasteiger partial charge in [-0.05, 0) is 18.2 Å². The highest BCUT2D eigenvalue weighted by molar-refractivity contribution is 6.36. The van der Waals surface area contributed by atoms with Crippen molar-refractivity contribution in [1.82, 2.24) is 9.78 Å². The summed E-state index contributed by atoms with van der Waals surface area (Å²) in [5.74, 6) is 0. The molecule has 7 heteroatoms. The minimum absolute atomic E-state index is 0.373. The molecule has 0 bridgehead atoms. The number of aromatic nitrogens is 2. The van der Waals surface area contributed by atoms with Crippen LogP contribution in [-0.4, -0.2) is 9.78 Å². The SMILES string of the molecule is FC(F)(F)c1c(Cl)cc(-n2cccn2)cc1Cl. The van der Waals surface area contributed by atoms with E-state index in [-0.39, 0.29) is 0 Å². The summed E-state index contributed by atoms with van der Waals surface area (Å²) < 4.78 is 39.2. The van der Waals surface area contributed by atoms with Gasteiger partial charge >= 0.3 is 6.18 Å². The molecule has 0 saturated carbocycles. The molecule has 0 aliphatic carbocycles. The predicted octanol–water partition coefficient (Wildman–Crippen LogP) is 4.20.